The molecule has 0 fully saturated rings. The topological polar surface area (TPSA) is 131 Å². The second-order valence-corrected chi connectivity index (χ2v) is 17.2. The molecule has 0 aliphatic rings. The van der Waals surface area contributed by atoms with Crippen molar-refractivity contribution in [3.05, 3.63) is 17.7 Å². The van der Waals surface area contributed by atoms with Gasteiger partial charge in [0, 0.05) is 46.7 Å². The largest absolute Gasteiger partial charge is 0.487 e. The van der Waals surface area contributed by atoms with Gasteiger partial charge in [0.1, 0.15) is 19.8 Å². The van der Waals surface area contributed by atoms with Gasteiger partial charge in [-0.25, -0.2) is 0 Å². The smallest absolute Gasteiger partial charge is 0.251 e. The van der Waals surface area contributed by atoms with E-state index >= 15 is 0 Å². The molecule has 1 rings (SSSR count). The van der Waals surface area contributed by atoms with Crippen LogP contribution in [-0.4, -0.2) is 139 Å². The lowest BCUT2D eigenvalue weighted by molar-refractivity contribution is -0.0170. The molecule has 0 radical (unpaired) electrons. The molecule has 1 N–H and O–H groups in total. The molecule has 1 unspecified atom stereocenters. The van der Waals surface area contributed by atoms with Crippen molar-refractivity contribution in [2.75, 3.05) is 127 Å². The molecule has 0 heterocycles. The van der Waals surface area contributed by atoms with Crippen LogP contribution in [0.3, 0.4) is 0 Å². The molecule has 0 saturated carbocycles. The van der Waals surface area contributed by atoms with E-state index in [0.29, 0.717) is 109 Å². The summed E-state index contributed by atoms with van der Waals surface area (Å²) in [4.78, 5) is 13.9. The molecule has 1 amide bonds. The number of nitrogens with one attached hydrogen (secondary N) is 1. The van der Waals surface area contributed by atoms with Crippen LogP contribution in [0.25, 0.3) is 0 Å². The van der Waals surface area contributed by atoms with Gasteiger partial charge in [-0.1, -0.05) is 155 Å². The minimum Gasteiger partial charge on any atom is -0.487 e. The van der Waals surface area contributed by atoms with Crippen molar-refractivity contribution in [1.82, 2.24) is 5.32 Å². The van der Waals surface area contributed by atoms with Crippen molar-refractivity contribution in [2.45, 2.75) is 174 Å². The molecule has 0 aliphatic carbocycles. The number of methoxy groups -OCH3 is 3. The first-order valence-corrected chi connectivity index (χ1v) is 26.3. The van der Waals surface area contributed by atoms with E-state index in [1.807, 2.05) is 0 Å². The molecule has 66 heavy (non-hydrogen) atoms. The highest BCUT2D eigenvalue weighted by molar-refractivity contribution is 5.95. The number of benzene rings is 1. The van der Waals surface area contributed by atoms with Gasteiger partial charge in [0.15, 0.2) is 11.5 Å². The van der Waals surface area contributed by atoms with E-state index in [-0.39, 0.29) is 31.8 Å². The highest BCUT2D eigenvalue weighted by atomic mass is 16.6. The van der Waals surface area contributed by atoms with Crippen molar-refractivity contribution < 1.29 is 56.9 Å². The lowest BCUT2D eigenvalue weighted by Crippen LogP contribution is -2.36. The number of rotatable bonds is 53. The number of amides is 1. The molecule has 1 atom stereocenters. The quantitative estimate of drug-likeness (QED) is 0.0624. The van der Waals surface area contributed by atoms with Gasteiger partial charge in [0.2, 0.25) is 5.75 Å². The Morgan fingerprint density at radius 1 is 0.424 bits per heavy atom. The zero-order chi connectivity index (χ0) is 47.6. The SMILES string of the molecule is CCCCCCCCCCCCCCOCC(CNC(=O)c1cc(OCCOCCOC)c(OCCOCCOC)c(OCCOCCOC)c1)OCCCCCCCCCCCCCC. The van der Waals surface area contributed by atoms with E-state index in [4.69, 9.17) is 52.1 Å². The third-order valence-electron chi connectivity index (χ3n) is 11.3. The van der Waals surface area contributed by atoms with Crippen molar-refractivity contribution in [2.24, 2.45) is 0 Å². The van der Waals surface area contributed by atoms with E-state index in [1.165, 1.54) is 135 Å². The molecule has 1 aromatic rings. The standard InChI is InChI=1S/C53H99NO12/c1-6-8-10-12-14-16-18-20-22-24-26-28-30-62-47-49(63-31-29-27-25-23-21-19-17-15-13-11-9-7-2)46-54-53(55)48-44-50(64-41-38-59-35-32-56-3)52(66-43-40-61-37-34-58-5)51(45-48)65-42-39-60-36-33-57-4/h44-45,49H,6-43,46-47H2,1-5H3,(H,54,55). The van der Waals surface area contributed by atoms with Crippen molar-refractivity contribution in [3.63, 3.8) is 0 Å². The molecular formula is C53H99NO12. The molecule has 1 aromatic carbocycles. The first kappa shape index (κ1) is 61.8. The van der Waals surface area contributed by atoms with Crippen molar-refractivity contribution in [3.8, 4) is 17.2 Å². The van der Waals surface area contributed by atoms with E-state index in [0.717, 1.165) is 19.3 Å². The van der Waals surface area contributed by atoms with Crippen LogP contribution in [0.4, 0.5) is 0 Å². The summed E-state index contributed by atoms with van der Waals surface area (Å²) in [5, 5.41) is 3.12. The van der Waals surface area contributed by atoms with Crippen molar-refractivity contribution >= 4 is 5.91 Å². The Balaban J connectivity index is 2.92. The minimum absolute atomic E-state index is 0.223. The first-order chi connectivity index (χ1) is 32.6. The van der Waals surface area contributed by atoms with Crippen LogP contribution in [0.1, 0.15) is 178 Å². The Morgan fingerprint density at radius 2 is 0.788 bits per heavy atom. The highest BCUT2D eigenvalue weighted by Gasteiger charge is 2.21. The average molecular weight is 942 g/mol. The Labute approximate surface area is 403 Å². The fourth-order valence-corrected chi connectivity index (χ4v) is 7.35. The fourth-order valence-electron chi connectivity index (χ4n) is 7.35. The summed E-state index contributed by atoms with van der Waals surface area (Å²) in [5.74, 6) is 0.795. The number of ether oxygens (including phenoxy) is 11. The lowest BCUT2D eigenvalue weighted by atomic mass is 10.1. The number of carbonyl (C=O) groups excluding carboxylic acids is 1. The zero-order valence-electron chi connectivity index (χ0n) is 42.9. The molecule has 13 heteroatoms. The zero-order valence-corrected chi connectivity index (χ0v) is 42.9. The molecular weight excluding hydrogens is 843 g/mol. The van der Waals surface area contributed by atoms with Gasteiger partial charge in [-0.15, -0.1) is 0 Å². The van der Waals surface area contributed by atoms with Gasteiger partial charge in [0.05, 0.1) is 72.2 Å². The molecule has 388 valence electrons. The summed E-state index contributed by atoms with van der Waals surface area (Å²) >= 11 is 0. The van der Waals surface area contributed by atoms with E-state index < -0.39 is 0 Å². The van der Waals surface area contributed by atoms with Crippen LogP contribution in [0.5, 0.6) is 17.2 Å². The summed E-state index contributed by atoms with van der Waals surface area (Å²) in [7, 11) is 4.89. The van der Waals surface area contributed by atoms with Crippen LogP contribution in [0.2, 0.25) is 0 Å². The van der Waals surface area contributed by atoms with Crippen LogP contribution >= 0.6 is 0 Å². The Kier molecular flexibility index (Phi) is 46.1. The second kappa shape index (κ2) is 49.2. The van der Waals surface area contributed by atoms with Crippen LogP contribution in [0, 0.1) is 0 Å². The fraction of sp³-hybridized carbons (Fsp3) is 0.868. The molecule has 0 aromatic heterocycles. The molecule has 13 nitrogen and oxygen atoms in total. The maximum Gasteiger partial charge on any atom is 0.251 e. The summed E-state index contributed by atoms with van der Waals surface area (Å²) in [6, 6.07) is 3.36. The van der Waals surface area contributed by atoms with Gasteiger partial charge in [0.25, 0.3) is 5.91 Å². The highest BCUT2D eigenvalue weighted by Crippen LogP contribution is 2.39. The number of unbranched alkanes of at least 4 members (excludes halogenated alkanes) is 22. The maximum absolute atomic E-state index is 13.9. The third-order valence-corrected chi connectivity index (χ3v) is 11.3. The minimum atomic E-state index is -0.285. The first-order valence-electron chi connectivity index (χ1n) is 26.3. The summed E-state index contributed by atoms with van der Waals surface area (Å²) in [6.07, 6.45) is 30.8. The van der Waals surface area contributed by atoms with Crippen molar-refractivity contribution in [1.29, 1.82) is 0 Å². The number of hydrogen-bond donors (Lipinski definition) is 1. The summed E-state index contributed by atoms with van der Waals surface area (Å²) in [5.41, 5.74) is 0.362. The van der Waals surface area contributed by atoms with Crippen LogP contribution in [-0.2, 0) is 37.9 Å². The normalized spacial score (nSPS) is 11.9. The van der Waals surface area contributed by atoms with Crippen LogP contribution < -0.4 is 19.5 Å². The summed E-state index contributed by atoms with van der Waals surface area (Å²) < 4.78 is 63.4. The lowest BCUT2D eigenvalue weighted by Gasteiger charge is -2.21. The van der Waals surface area contributed by atoms with Gasteiger partial charge < -0.3 is 57.4 Å². The Bertz CT molecular complexity index is 1140. The molecule has 0 bridgehead atoms. The predicted octanol–water partition coefficient (Wildman–Crippen LogP) is 11.3. The molecule has 0 saturated heterocycles. The van der Waals surface area contributed by atoms with Gasteiger partial charge >= 0.3 is 0 Å². The maximum atomic E-state index is 13.9. The Morgan fingerprint density at radius 3 is 1.20 bits per heavy atom. The van der Waals surface area contributed by atoms with E-state index in [1.54, 1.807) is 33.5 Å². The number of carbonyl (C=O) groups is 1. The van der Waals surface area contributed by atoms with Crippen LogP contribution in [0.15, 0.2) is 12.1 Å². The van der Waals surface area contributed by atoms with E-state index in [2.05, 4.69) is 19.2 Å². The van der Waals surface area contributed by atoms with Gasteiger partial charge in [-0.05, 0) is 25.0 Å². The van der Waals surface area contributed by atoms with E-state index in [9.17, 15) is 4.79 Å². The number of hydrogen-bond acceptors (Lipinski definition) is 12. The Hall–Kier alpha value is -2.23. The summed E-state index contributed by atoms with van der Waals surface area (Å²) in [6.45, 7) is 11.0. The molecule has 0 spiro atoms. The monoisotopic (exact) mass is 942 g/mol. The molecule has 0 aliphatic heterocycles. The van der Waals surface area contributed by atoms with Gasteiger partial charge in [-0.3, -0.25) is 4.79 Å². The third kappa shape index (κ3) is 37.7. The second-order valence-electron chi connectivity index (χ2n) is 17.2. The average Bonchev–Trinajstić information content (AvgIpc) is 3.33. The van der Waals surface area contributed by atoms with Gasteiger partial charge in [-0.2, -0.15) is 0 Å². The predicted molar refractivity (Wildman–Crippen MR) is 266 cm³/mol.